The minimum Gasteiger partial charge on any atom is -0.297 e. The Balaban J connectivity index is 1.56. The second-order valence-electron chi connectivity index (χ2n) is 5.31. The Labute approximate surface area is 159 Å². The molecule has 0 aliphatic heterocycles. The largest absolute Gasteiger partial charge is 0.297 e. The van der Waals surface area contributed by atoms with E-state index in [4.69, 9.17) is 0 Å². The predicted molar refractivity (Wildman–Crippen MR) is 99.9 cm³/mol. The number of aromatic nitrogens is 2. The Hall–Kier alpha value is -1.38. The molecule has 4 nitrogen and oxygen atoms in total. The van der Waals surface area contributed by atoms with Crippen molar-refractivity contribution >= 4 is 54.2 Å². The third-order valence-corrected chi connectivity index (χ3v) is 6.09. The molecule has 2 atom stereocenters. The first kappa shape index (κ1) is 17.4. The van der Waals surface area contributed by atoms with Gasteiger partial charge in [-0.25, -0.2) is 4.39 Å². The van der Waals surface area contributed by atoms with Crippen molar-refractivity contribution in [3.05, 3.63) is 62.5 Å². The third kappa shape index (κ3) is 4.17. The highest BCUT2D eigenvalue weighted by Crippen LogP contribution is 2.56. The number of hydrogen-bond acceptors (Lipinski definition) is 4. The Kier molecular flexibility index (Phi) is 5.27. The molecule has 3 rings (SSSR count). The topological polar surface area (TPSA) is 54.9 Å². The zero-order valence-corrected chi connectivity index (χ0v) is 16.2. The maximum absolute atomic E-state index is 14.6. The van der Waals surface area contributed by atoms with Gasteiger partial charge in [-0.3, -0.25) is 10.1 Å². The number of rotatable bonds is 5. The predicted octanol–water partition coefficient (Wildman–Crippen LogP) is 5.01. The molecule has 0 saturated heterocycles. The molecule has 1 aromatic carbocycles. The van der Waals surface area contributed by atoms with Crippen LogP contribution in [0.15, 0.2) is 57.0 Å². The van der Waals surface area contributed by atoms with Gasteiger partial charge in [-0.15, -0.1) is 10.2 Å². The number of benzene rings is 1. The van der Waals surface area contributed by atoms with Crippen LogP contribution in [0.1, 0.15) is 17.9 Å². The maximum atomic E-state index is 14.6. The molecule has 0 spiro atoms. The highest BCUT2D eigenvalue weighted by atomic mass is 79.9. The van der Waals surface area contributed by atoms with Crippen LogP contribution in [0.3, 0.4) is 0 Å². The SMILES string of the molecule is O=C(/C=C/C=C/C1(F)CC1c1ccc(Br)c(Br)c1)Nc1nncs1. The summed E-state index contributed by atoms with van der Waals surface area (Å²) < 4.78 is 16.5. The van der Waals surface area contributed by atoms with Gasteiger partial charge in [0.05, 0.1) is 0 Å². The van der Waals surface area contributed by atoms with Crippen LogP contribution < -0.4 is 5.32 Å². The van der Waals surface area contributed by atoms with E-state index in [2.05, 4.69) is 47.4 Å². The number of anilines is 1. The van der Waals surface area contributed by atoms with Gasteiger partial charge in [0.2, 0.25) is 11.0 Å². The van der Waals surface area contributed by atoms with Gasteiger partial charge in [0.15, 0.2) is 0 Å². The number of carbonyl (C=O) groups excluding carboxylic acids is 1. The van der Waals surface area contributed by atoms with Crippen LogP contribution in [0, 0.1) is 0 Å². The Morgan fingerprint density at radius 1 is 1.38 bits per heavy atom. The van der Waals surface area contributed by atoms with Crippen molar-refractivity contribution in [2.45, 2.75) is 18.0 Å². The smallest absolute Gasteiger partial charge is 0.250 e. The molecule has 24 heavy (non-hydrogen) atoms. The number of alkyl halides is 1. The van der Waals surface area contributed by atoms with Crippen LogP contribution in [-0.2, 0) is 4.79 Å². The summed E-state index contributed by atoms with van der Waals surface area (Å²) in [5, 5.41) is 10.3. The minimum absolute atomic E-state index is 0.151. The van der Waals surface area contributed by atoms with E-state index in [1.165, 1.54) is 35.1 Å². The van der Waals surface area contributed by atoms with Crippen molar-refractivity contribution in [3.8, 4) is 0 Å². The fourth-order valence-corrected chi connectivity index (χ4v) is 3.39. The van der Waals surface area contributed by atoms with Gasteiger partial charge < -0.3 is 0 Å². The van der Waals surface area contributed by atoms with Gasteiger partial charge in [-0.1, -0.05) is 29.6 Å². The summed E-state index contributed by atoms with van der Waals surface area (Å²) in [6.45, 7) is 0. The summed E-state index contributed by atoms with van der Waals surface area (Å²) in [5.74, 6) is -0.477. The lowest BCUT2D eigenvalue weighted by Crippen LogP contribution is -2.07. The molecule has 8 heteroatoms. The molecule has 0 radical (unpaired) electrons. The summed E-state index contributed by atoms with van der Waals surface area (Å²) in [6.07, 6.45) is 6.36. The zero-order valence-electron chi connectivity index (χ0n) is 12.2. The van der Waals surface area contributed by atoms with Gasteiger partial charge in [-0.2, -0.15) is 0 Å². The summed E-state index contributed by atoms with van der Waals surface area (Å²) in [4.78, 5) is 11.6. The van der Waals surface area contributed by atoms with Crippen molar-refractivity contribution in [1.82, 2.24) is 10.2 Å². The number of hydrogen-bond donors (Lipinski definition) is 1. The molecule has 1 aliphatic rings. The first-order valence-electron chi connectivity index (χ1n) is 7.05. The molecule has 0 bridgehead atoms. The number of nitrogens with zero attached hydrogens (tertiary/aromatic N) is 2. The highest BCUT2D eigenvalue weighted by Gasteiger charge is 2.54. The molecule has 1 amide bonds. The van der Waals surface area contributed by atoms with Crippen molar-refractivity contribution in [1.29, 1.82) is 0 Å². The third-order valence-electron chi connectivity index (χ3n) is 3.60. The molecular formula is C16H12Br2FN3OS. The van der Waals surface area contributed by atoms with Crippen molar-refractivity contribution < 1.29 is 9.18 Å². The van der Waals surface area contributed by atoms with E-state index >= 15 is 0 Å². The fourth-order valence-electron chi connectivity index (χ4n) is 2.30. The Bertz CT molecular complexity index is 810. The summed E-state index contributed by atoms with van der Waals surface area (Å²) in [5.41, 5.74) is 1.13. The lowest BCUT2D eigenvalue weighted by atomic mass is 10.1. The molecular weight excluding hydrogens is 461 g/mol. The fraction of sp³-hybridized carbons (Fsp3) is 0.188. The number of amides is 1. The summed E-state index contributed by atoms with van der Waals surface area (Å²) in [6, 6.07) is 5.74. The normalized spacial score (nSPS) is 23.0. The molecule has 1 N–H and O–H groups in total. The van der Waals surface area contributed by atoms with Crippen LogP contribution in [0.4, 0.5) is 9.52 Å². The molecule has 2 unspecified atom stereocenters. The van der Waals surface area contributed by atoms with E-state index in [-0.39, 0.29) is 11.8 Å². The first-order chi connectivity index (χ1) is 11.5. The number of carbonyl (C=O) groups is 1. The lowest BCUT2D eigenvalue weighted by molar-refractivity contribution is -0.111. The van der Waals surface area contributed by atoms with Crippen LogP contribution in [-0.4, -0.2) is 21.8 Å². The van der Waals surface area contributed by atoms with Gasteiger partial charge >= 0.3 is 0 Å². The summed E-state index contributed by atoms with van der Waals surface area (Å²) >= 11 is 8.07. The molecule has 1 aliphatic carbocycles. The van der Waals surface area contributed by atoms with Gasteiger partial charge in [0.25, 0.3) is 0 Å². The minimum atomic E-state index is -1.35. The van der Waals surface area contributed by atoms with Gasteiger partial charge in [0, 0.05) is 20.9 Å². The van der Waals surface area contributed by atoms with Gasteiger partial charge in [0.1, 0.15) is 11.2 Å². The molecule has 2 aromatic rings. The second kappa shape index (κ2) is 7.25. The lowest BCUT2D eigenvalue weighted by Gasteiger charge is -2.04. The highest BCUT2D eigenvalue weighted by molar-refractivity contribution is 9.13. The monoisotopic (exact) mass is 471 g/mol. The molecule has 1 heterocycles. The standard InChI is InChI=1S/C16H12Br2FN3OS/c17-12-5-4-10(7-13(12)18)11-8-16(11,19)6-2-1-3-14(23)21-15-22-20-9-24-15/h1-7,9,11H,8H2,(H,21,22,23)/b3-1+,6-2+. The zero-order chi connectivity index (χ0) is 17.2. The molecule has 124 valence electrons. The van der Waals surface area contributed by atoms with Crippen molar-refractivity contribution in [2.75, 3.05) is 5.32 Å². The van der Waals surface area contributed by atoms with E-state index in [9.17, 15) is 9.18 Å². The summed E-state index contributed by atoms with van der Waals surface area (Å²) in [7, 11) is 0. The quantitative estimate of drug-likeness (QED) is 0.491. The Morgan fingerprint density at radius 3 is 2.92 bits per heavy atom. The first-order valence-corrected chi connectivity index (χ1v) is 9.51. The van der Waals surface area contributed by atoms with E-state index in [0.717, 1.165) is 14.5 Å². The number of nitrogens with one attached hydrogen (secondary N) is 1. The van der Waals surface area contributed by atoms with E-state index in [1.54, 1.807) is 6.08 Å². The van der Waals surface area contributed by atoms with E-state index < -0.39 is 5.67 Å². The van der Waals surface area contributed by atoms with Crippen molar-refractivity contribution in [3.63, 3.8) is 0 Å². The van der Waals surface area contributed by atoms with Crippen LogP contribution in [0.25, 0.3) is 0 Å². The molecule has 1 fully saturated rings. The van der Waals surface area contributed by atoms with Crippen molar-refractivity contribution in [2.24, 2.45) is 0 Å². The molecule has 1 saturated carbocycles. The number of allylic oxidation sites excluding steroid dienone is 3. The van der Waals surface area contributed by atoms with Gasteiger partial charge in [-0.05, 0) is 62.1 Å². The van der Waals surface area contributed by atoms with Crippen LogP contribution >= 0.6 is 43.2 Å². The second-order valence-corrected chi connectivity index (χ2v) is 7.85. The average Bonchev–Trinajstić information content (AvgIpc) is 2.95. The van der Waals surface area contributed by atoms with Crippen LogP contribution in [0.5, 0.6) is 0 Å². The number of halogens is 3. The Morgan fingerprint density at radius 2 is 2.21 bits per heavy atom. The van der Waals surface area contributed by atoms with Crippen LogP contribution in [0.2, 0.25) is 0 Å². The van der Waals surface area contributed by atoms with E-state index in [0.29, 0.717) is 11.6 Å². The average molecular weight is 473 g/mol. The van der Waals surface area contributed by atoms with E-state index in [1.807, 2.05) is 18.2 Å². The molecule has 1 aromatic heterocycles. The maximum Gasteiger partial charge on any atom is 0.250 e.